The average molecular weight is 280 g/mol. The van der Waals surface area contributed by atoms with E-state index in [0.717, 1.165) is 27.9 Å². The van der Waals surface area contributed by atoms with Crippen LogP contribution in [0.5, 0.6) is 11.6 Å². The first-order valence-electron chi connectivity index (χ1n) is 6.67. The van der Waals surface area contributed by atoms with Crippen LogP contribution in [0.1, 0.15) is 11.1 Å². The monoisotopic (exact) mass is 280 g/mol. The molecule has 0 aliphatic heterocycles. The molecule has 0 spiro atoms. The van der Waals surface area contributed by atoms with E-state index in [1.165, 1.54) is 0 Å². The van der Waals surface area contributed by atoms with Crippen LogP contribution in [0.2, 0.25) is 0 Å². The number of aryl methyl sites for hydroxylation is 1. The van der Waals surface area contributed by atoms with Crippen molar-refractivity contribution >= 4 is 22.8 Å². The number of nitrogens with zero attached hydrogens (tertiary/aromatic N) is 1. The van der Waals surface area contributed by atoms with Gasteiger partial charge in [-0.2, -0.15) is 0 Å². The number of hydrogen-bond acceptors (Lipinski definition) is 3. The van der Waals surface area contributed by atoms with Gasteiger partial charge in [-0.1, -0.05) is 17.7 Å². The zero-order chi connectivity index (χ0) is 14.8. The van der Waals surface area contributed by atoms with Crippen molar-refractivity contribution < 1.29 is 9.84 Å². The van der Waals surface area contributed by atoms with Crippen LogP contribution in [0.15, 0.2) is 47.5 Å². The zero-order valence-corrected chi connectivity index (χ0v) is 11.9. The molecular formula is C17H16N2O2. The number of methoxy groups -OCH3 is 1. The molecule has 0 fully saturated rings. The number of benzene rings is 2. The summed E-state index contributed by atoms with van der Waals surface area (Å²) in [7, 11) is 1.62. The highest BCUT2D eigenvalue weighted by atomic mass is 16.5. The maximum Gasteiger partial charge on any atom is 0.198 e. The van der Waals surface area contributed by atoms with Crippen LogP contribution in [0.4, 0.5) is 5.69 Å². The third kappa shape index (κ3) is 2.60. The number of rotatable bonds is 3. The summed E-state index contributed by atoms with van der Waals surface area (Å²) in [6.07, 6.45) is 1.67. The van der Waals surface area contributed by atoms with Gasteiger partial charge in [0, 0.05) is 23.2 Å². The quantitative estimate of drug-likeness (QED) is 0.714. The highest BCUT2D eigenvalue weighted by Crippen LogP contribution is 2.27. The number of aromatic amines is 1. The van der Waals surface area contributed by atoms with Crippen molar-refractivity contribution in [1.29, 1.82) is 0 Å². The number of aliphatic imine (C=N–C) groups is 1. The van der Waals surface area contributed by atoms with E-state index in [0.29, 0.717) is 5.56 Å². The minimum atomic E-state index is 0.127. The molecule has 0 radical (unpaired) electrons. The molecule has 0 bridgehead atoms. The molecule has 0 saturated heterocycles. The number of hydrogen-bond donors (Lipinski definition) is 2. The second kappa shape index (κ2) is 5.32. The Bertz CT molecular complexity index is 819. The van der Waals surface area contributed by atoms with E-state index >= 15 is 0 Å². The fraction of sp³-hybridized carbons (Fsp3) is 0.118. The Kier molecular flexibility index (Phi) is 3.36. The van der Waals surface area contributed by atoms with Crippen molar-refractivity contribution in [2.75, 3.05) is 7.11 Å². The zero-order valence-electron chi connectivity index (χ0n) is 11.9. The molecule has 1 heterocycles. The van der Waals surface area contributed by atoms with E-state index < -0.39 is 0 Å². The maximum atomic E-state index is 10.0. The van der Waals surface area contributed by atoms with E-state index in [9.17, 15) is 5.11 Å². The molecule has 0 atom stereocenters. The number of H-pyrrole nitrogens is 1. The van der Waals surface area contributed by atoms with E-state index in [1.54, 1.807) is 13.3 Å². The number of aromatic nitrogens is 1. The third-order valence-corrected chi connectivity index (χ3v) is 3.37. The normalized spacial score (nSPS) is 11.3. The fourth-order valence-corrected chi connectivity index (χ4v) is 2.27. The number of fused-ring (bicyclic) bond motifs is 1. The van der Waals surface area contributed by atoms with Crippen LogP contribution < -0.4 is 4.74 Å². The highest BCUT2D eigenvalue weighted by molar-refractivity contribution is 6.02. The third-order valence-electron chi connectivity index (χ3n) is 3.37. The average Bonchev–Trinajstić information content (AvgIpc) is 2.80. The van der Waals surface area contributed by atoms with Crippen LogP contribution in [0.25, 0.3) is 10.9 Å². The molecule has 3 aromatic rings. The molecule has 106 valence electrons. The molecule has 0 aliphatic carbocycles. The van der Waals surface area contributed by atoms with Gasteiger partial charge in [0.15, 0.2) is 5.88 Å². The summed E-state index contributed by atoms with van der Waals surface area (Å²) in [6, 6.07) is 13.5. The van der Waals surface area contributed by atoms with Gasteiger partial charge in [-0.25, -0.2) is 0 Å². The van der Waals surface area contributed by atoms with Crippen LogP contribution in [-0.2, 0) is 0 Å². The minimum Gasteiger partial charge on any atom is -0.497 e. The van der Waals surface area contributed by atoms with Gasteiger partial charge in [-0.15, -0.1) is 0 Å². The predicted octanol–water partition coefficient (Wildman–Crippen LogP) is 3.94. The largest absolute Gasteiger partial charge is 0.497 e. The van der Waals surface area contributed by atoms with Gasteiger partial charge < -0.3 is 14.8 Å². The summed E-state index contributed by atoms with van der Waals surface area (Å²) in [5.41, 5.74) is 3.50. The van der Waals surface area contributed by atoms with Crippen LogP contribution in [0.3, 0.4) is 0 Å². The Hall–Kier alpha value is -2.75. The van der Waals surface area contributed by atoms with Gasteiger partial charge in [0.25, 0.3) is 0 Å². The van der Waals surface area contributed by atoms with E-state index in [-0.39, 0.29) is 5.88 Å². The van der Waals surface area contributed by atoms with Crippen molar-refractivity contribution in [3.8, 4) is 11.6 Å². The Morgan fingerprint density at radius 1 is 1.19 bits per heavy atom. The van der Waals surface area contributed by atoms with Gasteiger partial charge in [-0.3, -0.25) is 4.99 Å². The Morgan fingerprint density at radius 2 is 2.05 bits per heavy atom. The molecule has 0 unspecified atom stereocenters. The van der Waals surface area contributed by atoms with E-state index in [1.807, 2.05) is 49.4 Å². The molecular weight excluding hydrogens is 264 g/mol. The molecule has 0 saturated carbocycles. The first kappa shape index (κ1) is 13.2. The lowest BCUT2D eigenvalue weighted by Crippen LogP contribution is -1.82. The lowest BCUT2D eigenvalue weighted by atomic mass is 10.1. The van der Waals surface area contributed by atoms with Crippen molar-refractivity contribution in [1.82, 2.24) is 4.98 Å². The smallest absolute Gasteiger partial charge is 0.198 e. The van der Waals surface area contributed by atoms with Crippen LogP contribution in [0, 0.1) is 6.92 Å². The number of nitrogens with one attached hydrogen (secondary N) is 1. The minimum absolute atomic E-state index is 0.127. The second-order valence-corrected chi connectivity index (χ2v) is 4.90. The Balaban J connectivity index is 2.02. The fourth-order valence-electron chi connectivity index (χ4n) is 2.27. The molecule has 2 N–H and O–H groups in total. The molecule has 4 nitrogen and oxygen atoms in total. The van der Waals surface area contributed by atoms with Gasteiger partial charge in [0.05, 0.1) is 18.4 Å². The number of ether oxygens (including phenoxy) is 1. The van der Waals surface area contributed by atoms with Crippen molar-refractivity contribution in [2.45, 2.75) is 6.92 Å². The Labute approximate surface area is 122 Å². The Morgan fingerprint density at radius 3 is 2.86 bits per heavy atom. The summed E-state index contributed by atoms with van der Waals surface area (Å²) < 4.78 is 5.17. The molecule has 3 rings (SSSR count). The standard InChI is InChI=1S/C17H16N2O2/c1-11-6-7-16-14(8-11)15(17(20)19-16)10-18-12-4-3-5-13(9-12)21-2/h3-10,19-20H,1-2H3. The molecule has 0 aliphatic rings. The summed E-state index contributed by atoms with van der Waals surface area (Å²) in [6.45, 7) is 2.02. The van der Waals surface area contributed by atoms with Crippen molar-refractivity contribution in [2.24, 2.45) is 4.99 Å². The van der Waals surface area contributed by atoms with Gasteiger partial charge in [0.2, 0.25) is 0 Å². The molecule has 4 heteroatoms. The van der Waals surface area contributed by atoms with Crippen LogP contribution >= 0.6 is 0 Å². The summed E-state index contributed by atoms with van der Waals surface area (Å²) in [5.74, 6) is 0.880. The SMILES string of the molecule is COc1cccc(N=Cc2c(O)[nH]c3ccc(C)cc23)c1. The lowest BCUT2D eigenvalue weighted by Gasteiger charge is -1.99. The van der Waals surface area contributed by atoms with Crippen molar-refractivity contribution in [3.63, 3.8) is 0 Å². The molecule has 2 aromatic carbocycles. The predicted molar refractivity (Wildman–Crippen MR) is 84.9 cm³/mol. The van der Waals surface area contributed by atoms with Crippen molar-refractivity contribution in [3.05, 3.63) is 53.6 Å². The van der Waals surface area contributed by atoms with Crippen LogP contribution in [-0.4, -0.2) is 23.4 Å². The summed E-state index contributed by atoms with van der Waals surface area (Å²) in [5, 5.41) is 11.0. The summed E-state index contributed by atoms with van der Waals surface area (Å²) >= 11 is 0. The topological polar surface area (TPSA) is 57.6 Å². The highest BCUT2D eigenvalue weighted by Gasteiger charge is 2.08. The van der Waals surface area contributed by atoms with Gasteiger partial charge in [0.1, 0.15) is 5.75 Å². The van der Waals surface area contributed by atoms with Gasteiger partial charge >= 0.3 is 0 Å². The molecule has 0 amide bonds. The first-order valence-corrected chi connectivity index (χ1v) is 6.67. The van der Waals surface area contributed by atoms with E-state index in [2.05, 4.69) is 9.98 Å². The first-order chi connectivity index (χ1) is 10.2. The lowest BCUT2D eigenvalue weighted by molar-refractivity contribution is 0.415. The summed E-state index contributed by atoms with van der Waals surface area (Å²) in [4.78, 5) is 7.37. The second-order valence-electron chi connectivity index (χ2n) is 4.90. The van der Waals surface area contributed by atoms with E-state index in [4.69, 9.17) is 4.74 Å². The maximum absolute atomic E-state index is 10.0. The molecule has 21 heavy (non-hydrogen) atoms. The number of aromatic hydroxyl groups is 1. The van der Waals surface area contributed by atoms with Gasteiger partial charge in [-0.05, 0) is 31.2 Å². The molecule has 1 aromatic heterocycles.